The molecular formula is C37H48N6O6. The molecule has 1 aromatic heterocycles. The molecule has 5 rings (SSSR count). The highest BCUT2D eigenvalue weighted by Gasteiger charge is 2.31. The van der Waals surface area contributed by atoms with Gasteiger partial charge < -0.3 is 35.5 Å². The van der Waals surface area contributed by atoms with Gasteiger partial charge in [0.1, 0.15) is 29.6 Å². The molecule has 5 amide bonds. The van der Waals surface area contributed by atoms with E-state index in [2.05, 4.69) is 21.3 Å². The first kappa shape index (κ1) is 36.7. The predicted octanol–water partition coefficient (Wildman–Crippen LogP) is 2.96. The van der Waals surface area contributed by atoms with Gasteiger partial charge in [-0.1, -0.05) is 44.5 Å². The van der Waals surface area contributed by atoms with Gasteiger partial charge in [0.15, 0.2) is 0 Å². The van der Waals surface area contributed by atoms with Crippen molar-refractivity contribution in [1.29, 1.82) is 0 Å². The van der Waals surface area contributed by atoms with E-state index < -0.39 is 35.8 Å². The summed E-state index contributed by atoms with van der Waals surface area (Å²) < 4.78 is 7.02. The smallest absolute Gasteiger partial charge is 0.270 e. The van der Waals surface area contributed by atoms with Gasteiger partial charge in [0.2, 0.25) is 17.7 Å². The molecule has 4 atom stereocenters. The molecule has 0 radical (unpaired) electrons. The Hall–Kier alpha value is -5.13. The average molecular weight is 673 g/mol. The number of aryl methyl sites for hydroxylation is 1. The summed E-state index contributed by atoms with van der Waals surface area (Å²) in [6.45, 7) is 6.50. The molecule has 0 spiro atoms. The molecule has 2 aliphatic rings. The summed E-state index contributed by atoms with van der Waals surface area (Å²) >= 11 is 0. The number of benzene rings is 2. The summed E-state index contributed by atoms with van der Waals surface area (Å²) in [4.78, 5) is 69.1. The number of carbonyl (C=O) groups is 5. The van der Waals surface area contributed by atoms with Crippen molar-refractivity contribution in [3.8, 4) is 5.75 Å². The largest absolute Gasteiger partial charge is 0.497 e. The van der Waals surface area contributed by atoms with Crippen LogP contribution in [0.1, 0.15) is 72.0 Å². The summed E-state index contributed by atoms with van der Waals surface area (Å²) in [6, 6.07) is 14.9. The molecule has 2 aliphatic heterocycles. The molecule has 49 heavy (non-hydrogen) atoms. The highest BCUT2D eigenvalue weighted by Crippen LogP contribution is 2.16. The van der Waals surface area contributed by atoms with Crippen molar-refractivity contribution in [2.75, 3.05) is 20.2 Å². The fourth-order valence-electron chi connectivity index (χ4n) is 5.65. The zero-order valence-electron chi connectivity index (χ0n) is 29.0. The van der Waals surface area contributed by atoms with Gasteiger partial charge in [0.25, 0.3) is 11.8 Å². The number of carbonyl (C=O) groups excluding carboxylic acids is 5. The first-order valence-electron chi connectivity index (χ1n) is 16.8. The van der Waals surface area contributed by atoms with Gasteiger partial charge in [-0.3, -0.25) is 24.0 Å². The maximum Gasteiger partial charge on any atom is 0.270 e. The highest BCUT2D eigenvalue weighted by atomic mass is 16.5. The summed E-state index contributed by atoms with van der Waals surface area (Å²) in [5.74, 6) is -1.57. The lowest BCUT2D eigenvalue weighted by molar-refractivity contribution is -0.132. The lowest BCUT2D eigenvalue weighted by atomic mass is 9.96. The lowest BCUT2D eigenvalue weighted by Crippen LogP contribution is -2.58. The summed E-state index contributed by atoms with van der Waals surface area (Å²) in [5, 5.41) is 11.3. The van der Waals surface area contributed by atoms with Crippen LogP contribution in [-0.2, 0) is 34.4 Å². The standard InChI is InChI=1S/C37H48N6O6/c1-6-24(2)32-36(47)40-30(22-26-13-17-29(49-5)18-14-26)35(46)39-25(3)33(44)38-19-7-8-21-43(37(48)31-10-9-20-42(31)4)23-27-11-15-28(16-12-27)34(45)41-32/h9-18,20,24-25,30,32H,6-8,19,21-23H2,1-5H3,(H,38,44)(H,39,46)(H,40,47)(H,41,45)/t24-,25+,30-,32?/m0/s1. The van der Waals surface area contributed by atoms with E-state index in [-0.39, 0.29) is 24.2 Å². The fourth-order valence-corrected chi connectivity index (χ4v) is 5.65. The Bertz CT molecular complexity index is 1600. The van der Waals surface area contributed by atoms with Crippen LogP contribution in [0.4, 0.5) is 0 Å². The van der Waals surface area contributed by atoms with Gasteiger partial charge >= 0.3 is 0 Å². The van der Waals surface area contributed by atoms with Crippen LogP contribution < -0.4 is 26.0 Å². The number of rotatable bonds is 6. The van der Waals surface area contributed by atoms with Crippen LogP contribution in [0.3, 0.4) is 0 Å². The number of ether oxygens (including phenoxy) is 1. The third-order valence-electron chi connectivity index (χ3n) is 8.96. The number of hydrogen-bond acceptors (Lipinski definition) is 6. The van der Waals surface area contributed by atoms with E-state index in [0.29, 0.717) is 55.9 Å². The van der Waals surface area contributed by atoms with E-state index in [0.717, 1.165) is 11.1 Å². The SMILES string of the molecule is CC[C@H](C)C1NC(=O)c2ccc(cc2)CN(C(=O)c2cccn2C)CCCCNC(=O)[C@@H](C)NC(=O)[C@H](Cc2ccc(OC)cc2)NC1=O. The third-order valence-corrected chi connectivity index (χ3v) is 8.96. The van der Waals surface area contributed by atoms with Gasteiger partial charge in [-0.05, 0) is 73.2 Å². The van der Waals surface area contributed by atoms with Gasteiger partial charge in [0.05, 0.1) is 7.11 Å². The monoisotopic (exact) mass is 672 g/mol. The molecule has 12 nitrogen and oxygen atoms in total. The summed E-state index contributed by atoms with van der Waals surface area (Å²) in [7, 11) is 3.38. The molecule has 2 aromatic carbocycles. The second-order valence-electron chi connectivity index (χ2n) is 12.6. The number of aromatic nitrogens is 1. The van der Waals surface area contributed by atoms with Gasteiger partial charge in [-0.15, -0.1) is 0 Å². The minimum atomic E-state index is -1.03. The molecule has 0 fully saturated rings. The first-order valence-corrected chi connectivity index (χ1v) is 16.8. The second kappa shape index (κ2) is 17.3. The van der Waals surface area contributed by atoms with Crippen LogP contribution in [0.15, 0.2) is 66.9 Å². The Morgan fingerprint density at radius 2 is 1.63 bits per heavy atom. The van der Waals surface area contributed by atoms with E-state index in [1.807, 2.05) is 33.2 Å². The number of fused-ring (bicyclic) bond motifs is 18. The molecule has 3 heterocycles. The molecule has 2 bridgehead atoms. The van der Waals surface area contributed by atoms with Crippen molar-refractivity contribution in [3.63, 3.8) is 0 Å². The Morgan fingerprint density at radius 1 is 0.918 bits per heavy atom. The Balaban J connectivity index is 1.61. The number of methoxy groups -OCH3 is 1. The van der Waals surface area contributed by atoms with Gasteiger partial charge in [-0.25, -0.2) is 0 Å². The first-order chi connectivity index (χ1) is 23.5. The van der Waals surface area contributed by atoms with Crippen LogP contribution in [0.2, 0.25) is 0 Å². The topological polar surface area (TPSA) is 151 Å². The van der Waals surface area contributed by atoms with Crippen molar-refractivity contribution in [2.24, 2.45) is 13.0 Å². The van der Waals surface area contributed by atoms with E-state index >= 15 is 0 Å². The van der Waals surface area contributed by atoms with Crippen LogP contribution >= 0.6 is 0 Å². The maximum absolute atomic E-state index is 13.8. The van der Waals surface area contributed by atoms with E-state index in [1.165, 1.54) is 0 Å². The molecular weight excluding hydrogens is 624 g/mol. The number of hydrogen-bond donors (Lipinski definition) is 4. The van der Waals surface area contributed by atoms with Gasteiger partial charge in [-0.2, -0.15) is 0 Å². The van der Waals surface area contributed by atoms with Crippen molar-refractivity contribution in [1.82, 2.24) is 30.7 Å². The summed E-state index contributed by atoms with van der Waals surface area (Å²) in [6.07, 6.45) is 3.80. The van der Waals surface area contributed by atoms with Crippen LogP contribution in [0, 0.1) is 5.92 Å². The molecule has 1 unspecified atom stereocenters. The fraction of sp³-hybridized carbons (Fsp3) is 0.432. The normalized spacial score (nSPS) is 20.7. The third kappa shape index (κ3) is 9.94. The van der Waals surface area contributed by atoms with Crippen LogP contribution in [0.5, 0.6) is 5.75 Å². The molecule has 0 saturated heterocycles. The van der Waals surface area contributed by atoms with Crippen molar-refractivity contribution in [3.05, 3.63) is 89.2 Å². The Kier molecular flexibility index (Phi) is 13.0. The van der Waals surface area contributed by atoms with Crippen molar-refractivity contribution >= 4 is 29.5 Å². The molecule has 262 valence electrons. The highest BCUT2D eigenvalue weighted by molar-refractivity contribution is 5.99. The number of nitrogens with zero attached hydrogens (tertiary/aromatic N) is 2. The molecule has 4 N–H and O–H groups in total. The summed E-state index contributed by atoms with van der Waals surface area (Å²) in [5.41, 5.74) is 2.53. The number of nitrogens with one attached hydrogen (secondary N) is 4. The zero-order valence-corrected chi connectivity index (χ0v) is 29.0. The zero-order chi connectivity index (χ0) is 35.5. The van der Waals surface area contributed by atoms with Crippen molar-refractivity contribution < 1.29 is 28.7 Å². The van der Waals surface area contributed by atoms with Crippen LogP contribution in [0.25, 0.3) is 0 Å². The van der Waals surface area contributed by atoms with E-state index in [4.69, 9.17) is 4.74 Å². The molecule has 3 aromatic rings. The van der Waals surface area contributed by atoms with E-state index in [1.54, 1.807) is 78.1 Å². The quantitative estimate of drug-likeness (QED) is 0.296. The molecule has 0 saturated carbocycles. The van der Waals surface area contributed by atoms with Crippen molar-refractivity contribution in [2.45, 2.75) is 71.1 Å². The Morgan fingerprint density at radius 3 is 2.27 bits per heavy atom. The molecule has 12 heteroatoms. The second-order valence-corrected chi connectivity index (χ2v) is 12.6. The average Bonchev–Trinajstić information content (AvgIpc) is 3.54. The van der Waals surface area contributed by atoms with E-state index in [9.17, 15) is 24.0 Å². The Labute approximate surface area is 288 Å². The minimum absolute atomic E-state index is 0.125. The number of amides is 5. The van der Waals surface area contributed by atoms with Crippen LogP contribution in [-0.4, -0.2) is 77.3 Å². The predicted molar refractivity (Wildman–Crippen MR) is 186 cm³/mol. The minimum Gasteiger partial charge on any atom is -0.497 e. The lowest BCUT2D eigenvalue weighted by Gasteiger charge is -2.27. The molecule has 0 aliphatic carbocycles. The van der Waals surface area contributed by atoms with Gasteiger partial charge in [0, 0.05) is 44.9 Å². The maximum atomic E-state index is 13.8.